The number of piperidine rings is 1. The Hall–Kier alpha value is -3.35. The van der Waals surface area contributed by atoms with E-state index in [0.717, 1.165) is 19.3 Å². The fourth-order valence-electron chi connectivity index (χ4n) is 5.69. The van der Waals surface area contributed by atoms with Crippen LogP contribution in [0.3, 0.4) is 0 Å². The van der Waals surface area contributed by atoms with E-state index in [9.17, 15) is 14.4 Å². The minimum atomic E-state index is -0.328. The molecule has 0 radical (unpaired) electrons. The Morgan fingerprint density at radius 1 is 1.06 bits per heavy atom. The molecule has 0 spiro atoms. The fourth-order valence-corrected chi connectivity index (χ4v) is 5.69. The topological polar surface area (TPSA) is 85.2 Å². The van der Waals surface area contributed by atoms with Gasteiger partial charge in [0.05, 0.1) is 17.8 Å². The van der Waals surface area contributed by atoms with Crippen LogP contribution in [0.15, 0.2) is 48.8 Å². The van der Waals surface area contributed by atoms with Crippen molar-refractivity contribution in [2.24, 2.45) is 11.8 Å². The van der Waals surface area contributed by atoms with E-state index in [-0.39, 0.29) is 36.1 Å². The first-order valence-electron chi connectivity index (χ1n) is 11.7. The van der Waals surface area contributed by atoms with Crippen molar-refractivity contribution in [2.75, 3.05) is 0 Å². The monoisotopic (exact) mass is 442 g/mol. The summed E-state index contributed by atoms with van der Waals surface area (Å²) in [5.41, 5.74) is 2.31. The van der Waals surface area contributed by atoms with Crippen molar-refractivity contribution in [3.8, 4) is 0 Å². The second kappa shape index (κ2) is 7.61. The lowest BCUT2D eigenvalue weighted by atomic mass is 10.00. The Balaban J connectivity index is 1.18. The number of amides is 1. The molecule has 33 heavy (non-hydrogen) atoms. The van der Waals surface area contributed by atoms with Gasteiger partial charge in [-0.2, -0.15) is 5.10 Å². The third-order valence-electron chi connectivity index (χ3n) is 7.55. The molecule has 1 amide bonds. The van der Waals surface area contributed by atoms with Gasteiger partial charge in [0.25, 0.3) is 0 Å². The van der Waals surface area contributed by atoms with Gasteiger partial charge in [-0.3, -0.25) is 24.0 Å². The van der Waals surface area contributed by atoms with Gasteiger partial charge < -0.3 is 4.90 Å². The van der Waals surface area contributed by atoms with Gasteiger partial charge in [0, 0.05) is 31.0 Å². The number of carbonyl (C=O) groups is 3. The van der Waals surface area contributed by atoms with Gasteiger partial charge in [-0.15, -0.1) is 0 Å². The predicted molar refractivity (Wildman–Crippen MR) is 122 cm³/mol. The minimum absolute atomic E-state index is 0.0124. The molecule has 2 aliphatic carbocycles. The number of pyridine rings is 1. The highest BCUT2D eigenvalue weighted by Crippen LogP contribution is 2.52. The number of ketones is 2. The first-order chi connectivity index (χ1) is 16.0. The zero-order valence-electron chi connectivity index (χ0n) is 18.6. The van der Waals surface area contributed by atoms with Crippen molar-refractivity contribution in [3.63, 3.8) is 0 Å². The Kier molecular flexibility index (Phi) is 4.67. The number of aromatic nitrogens is 3. The molecule has 3 aliphatic rings. The second-order valence-corrected chi connectivity index (χ2v) is 9.75. The Bertz CT molecular complexity index is 1270. The number of Topliss-reactive ketones (excluding diaryl/α,β-unsaturated/α-hetero) is 2. The first-order valence-corrected chi connectivity index (χ1v) is 11.7. The van der Waals surface area contributed by atoms with E-state index < -0.39 is 0 Å². The third-order valence-corrected chi connectivity index (χ3v) is 7.55. The molecule has 1 aromatic carbocycles. The minimum Gasteiger partial charge on any atom is -0.328 e. The SMILES string of the molecule is CC(=O)c1nn(CC(=O)N2[C@@H]3C[C@@H]3C[C@H]2C(=O)C[C@H]2C[C@@H]2c2ccccc2)c2cnccc12. The molecule has 3 heterocycles. The number of likely N-dealkylation sites (tertiary alicyclic amines) is 1. The molecule has 0 N–H and O–H groups in total. The fraction of sp³-hybridized carbons (Fsp3) is 0.423. The van der Waals surface area contributed by atoms with E-state index in [1.165, 1.54) is 12.5 Å². The number of carbonyl (C=O) groups excluding carboxylic acids is 3. The van der Waals surface area contributed by atoms with Crippen molar-refractivity contribution >= 4 is 28.4 Å². The standard InChI is InChI=1S/C26H26N4O3/c1-15(31)26-19-7-8-27-13-23(19)29(28-26)14-25(33)30-21-10-18(21)11-22(30)24(32)12-17-9-20(17)16-5-3-2-4-6-16/h2-8,13,17-18,20-22H,9-12,14H2,1H3/t17-,18-,20-,21-,22+/m1/s1. The summed E-state index contributed by atoms with van der Waals surface area (Å²) in [5, 5.41) is 5.10. The third kappa shape index (κ3) is 3.56. The normalized spacial score (nSPS) is 27.4. The maximum absolute atomic E-state index is 13.4. The summed E-state index contributed by atoms with van der Waals surface area (Å²) in [6, 6.07) is 12.0. The van der Waals surface area contributed by atoms with E-state index in [2.05, 4.69) is 22.2 Å². The van der Waals surface area contributed by atoms with Crippen LogP contribution >= 0.6 is 0 Å². The number of fused-ring (bicyclic) bond motifs is 2. The van der Waals surface area contributed by atoms with Crippen LogP contribution in [-0.4, -0.2) is 49.2 Å². The number of nitrogens with zero attached hydrogens (tertiary/aromatic N) is 4. The van der Waals surface area contributed by atoms with Crippen molar-refractivity contribution < 1.29 is 14.4 Å². The largest absolute Gasteiger partial charge is 0.328 e. The van der Waals surface area contributed by atoms with Gasteiger partial charge >= 0.3 is 0 Å². The zero-order chi connectivity index (χ0) is 22.7. The van der Waals surface area contributed by atoms with Crippen molar-refractivity contribution in [1.29, 1.82) is 0 Å². The maximum Gasteiger partial charge on any atom is 0.245 e. The summed E-state index contributed by atoms with van der Waals surface area (Å²) in [6.07, 6.45) is 6.59. The van der Waals surface area contributed by atoms with Gasteiger partial charge in [0.1, 0.15) is 12.2 Å². The van der Waals surface area contributed by atoms with Crippen LogP contribution in [0.25, 0.3) is 10.9 Å². The molecular weight excluding hydrogens is 416 g/mol. The molecular formula is C26H26N4O3. The van der Waals surface area contributed by atoms with Crippen LogP contribution in [0.2, 0.25) is 0 Å². The molecule has 0 bridgehead atoms. The Morgan fingerprint density at radius 2 is 1.88 bits per heavy atom. The molecule has 7 nitrogen and oxygen atoms in total. The summed E-state index contributed by atoms with van der Waals surface area (Å²) in [7, 11) is 0. The van der Waals surface area contributed by atoms with Crippen molar-refractivity contribution in [2.45, 2.75) is 57.2 Å². The van der Waals surface area contributed by atoms with Crippen LogP contribution in [-0.2, 0) is 16.1 Å². The molecule has 0 unspecified atom stereocenters. The van der Waals surface area contributed by atoms with Gasteiger partial charge in [0.2, 0.25) is 5.91 Å². The van der Waals surface area contributed by atoms with E-state index in [4.69, 9.17) is 0 Å². The summed E-state index contributed by atoms with van der Waals surface area (Å²) in [5.74, 6) is 1.23. The molecule has 5 atom stereocenters. The lowest BCUT2D eigenvalue weighted by molar-refractivity contribution is -0.139. The van der Waals surface area contributed by atoms with Crippen molar-refractivity contribution in [3.05, 3.63) is 60.0 Å². The van der Waals surface area contributed by atoms with E-state index >= 15 is 0 Å². The molecule has 1 aliphatic heterocycles. The lowest BCUT2D eigenvalue weighted by Gasteiger charge is -2.27. The highest BCUT2D eigenvalue weighted by atomic mass is 16.2. The highest BCUT2D eigenvalue weighted by molar-refractivity contribution is 6.04. The average Bonchev–Trinajstić information content (AvgIpc) is 3.70. The molecule has 2 aromatic heterocycles. The van der Waals surface area contributed by atoms with Crippen molar-refractivity contribution in [1.82, 2.24) is 19.7 Å². The second-order valence-electron chi connectivity index (χ2n) is 9.75. The van der Waals surface area contributed by atoms with Crippen LogP contribution in [0.4, 0.5) is 0 Å². The molecule has 2 saturated carbocycles. The van der Waals surface area contributed by atoms with Crippen LogP contribution in [0.5, 0.6) is 0 Å². The smallest absolute Gasteiger partial charge is 0.245 e. The van der Waals surface area contributed by atoms with E-state index in [1.807, 2.05) is 23.1 Å². The molecule has 168 valence electrons. The van der Waals surface area contributed by atoms with Gasteiger partial charge in [-0.05, 0) is 48.6 Å². The van der Waals surface area contributed by atoms with Crippen LogP contribution in [0, 0.1) is 11.8 Å². The molecule has 1 saturated heterocycles. The van der Waals surface area contributed by atoms with Gasteiger partial charge in [-0.25, -0.2) is 0 Å². The molecule has 3 aromatic rings. The summed E-state index contributed by atoms with van der Waals surface area (Å²) < 4.78 is 1.56. The quantitative estimate of drug-likeness (QED) is 0.524. The van der Waals surface area contributed by atoms with E-state index in [1.54, 1.807) is 23.1 Å². The Morgan fingerprint density at radius 3 is 2.67 bits per heavy atom. The van der Waals surface area contributed by atoms with E-state index in [0.29, 0.717) is 40.8 Å². The summed E-state index contributed by atoms with van der Waals surface area (Å²) in [4.78, 5) is 44.6. The van der Waals surface area contributed by atoms with Crippen LogP contribution < -0.4 is 0 Å². The number of hydrogen-bond acceptors (Lipinski definition) is 5. The summed E-state index contributed by atoms with van der Waals surface area (Å²) in [6.45, 7) is 1.48. The summed E-state index contributed by atoms with van der Waals surface area (Å²) >= 11 is 0. The maximum atomic E-state index is 13.4. The number of rotatable bonds is 7. The zero-order valence-corrected chi connectivity index (χ0v) is 18.6. The predicted octanol–water partition coefficient (Wildman–Crippen LogP) is 3.39. The Labute approximate surface area is 191 Å². The lowest BCUT2D eigenvalue weighted by Crippen LogP contribution is -2.44. The van der Waals surface area contributed by atoms with Gasteiger partial charge in [-0.1, -0.05) is 30.3 Å². The molecule has 3 fully saturated rings. The average molecular weight is 443 g/mol. The molecule has 7 heteroatoms. The number of hydrogen-bond donors (Lipinski definition) is 0. The van der Waals surface area contributed by atoms with Gasteiger partial charge in [0.15, 0.2) is 11.6 Å². The molecule has 6 rings (SSSR count). The van der Waals surface area contributed by atoms with Crippen LogP contribution in [0.1, 0.15) is 54.6 Å². The highest BCUT2D eigenvalue weighted by Gasteiger charge is 2.56. The number of benzene rings is 1. The first kappa shape index (κ1) is 20.3.